The van der Waals surface area contributed by atoms with Gasteiger partial charge in [-0.3, -0.25) is 4.79 Å². The van der Waals surface area contributed by atoms with E-state index in [9.17, 15) is 17.8 Å². The van der Waals surface area contributed by atoms with Crippen molar-refractivity contribution in [3.05, 3.63) is 24.3 Å². The van der Waals surface area contributed by atoms with Gasteiger partial charge in [-0.1, -0.05) is 26.0 Å². The number of nitrogens with zero attached hydrogens (tertiary/aromatic N) is 1. The van der Waals surface area contributed by atoms with Crippen LogP contribution in [0.25, 0.3) is 0 Å². The molecular weight excluding hydrogens is 373 g/mol. The van der Waals surface area contributed by atoms with E-state index in [2.05, 4.69) is 0 Å². The molecule has 0 N–H and O–H groups in total. The second-order valence-corrected chi connectivity index (χ2v) is 12.0. The Balaban J connectivity index is 2.21. The number of benzene rings is 1. The Hall–Kier alpha value is -1.17. The molecular formula is C18H28NO5PS. The average molecular weight is 401 g/mol. The topological polar surface area (TPSA) is 80.8 Å². The molecule has 0 spiro atoms. The summed E-state index contributed by atoms with van der Waals surface area (Å²) in [6.45, 7) is 6.34. The Bertz CT molecular complexity index is 767. The summed E-state index contributed by atoms with van der Waals surface area (Å²) >= 11 is 0. The van der Waals surface area contributed by atoms with Crippen molar-refractivity contribution in [2.24, 2.45) is 5.92 Å². The maximum absolute atomic E-state index is 12.9. The van der Waals surface area contributed by atoms with Gasteiger partial charge >= 0.3 is 5.97 Å². The summed E-state index contributed by atoms with van der Waals surface area (Å²) in [7, 11) is -6.12. The molecule has 0 unspecified atom stereocenters. The predicted octanol–water partition coefficient (Wildman–Crippen LogP) is 2.68. The van der Waals surface area contributed by atoms with E-state index in [0.29, 0.717) is 43.6 Å². The Morgan fingerprint density at radius 2 is 1.81 bits per heavy atom. The highest BCUT2D eigenvalue weighted by Crippen LogP contribution is 2.43. The van der Waals surface area contributed by atoms with Crippen LogP contribution in [0.5, 0.6) is 0 Å². The van der Waals surface area contributed by atoms with Crippen LogP contribution < -0.4 is 5.30 Å². The number of hydrogen-bond acceptors (Lipinski definition) is 5. The molecule has 1 atom stereocenters. The van der Waals surface area contributed by atoms with Crippen molar-refractivity contribution in [2.75, 3.05) is 32.0 Å². The molecule has 0 radical (unpaired) electrons. The van der Waals surface area contributed by atoms with Crippen molar-refractivity contribution in [2.45, 2.75) is 38.5 Å². The maximum atomic E-state index is 12.9. The summed E-state index contributed by atoms with van der Waals surface area (Å²) in [6, 6.07) is 6.37. The largest absolute Gasteiger partial charge is 0.466 e. The van der Waals surface area contributed by atoms with Gasteiger partial charge in [-0.05, 0) is 31.9 Å². The Morgan fingerprint density at radius 3 is 2.35 bits per heavy atom. The molecule has 26 heavy (non-hydrogen) atoms. The van der Waals surface area contributed by atoms with E-state index in [4.69, 9.17) is 4.74 Å². The van der Waals surface area contributed by atoms with Crippen molar-refractivity contribution in [3.8, 4) is 0 Å². The highest BCUT2D eigenvalue weighted by atomic mass is 32.2. The molecule has 0 aromatic heterocycles. The van der Waals surface area contributed by atoms with Gasteiger partial charge in [0.15, 0.2) is 0 Å². The molecule has 146 valence electrons. The standard InChI is InChI=1S/C18H28NO5PS/c1-4-24-18(20)15-8-7-13-19(14-15)26(22,23)17-11-9-16(10-12-17)25(21,5-2)6-3/h9-12,15H,4-8,13-14H2,1-3H3/t15-/m1/s1. The number of carbonyl (C=O) groups is 1. The highest BCUT2D eigenvalue weighted by molar-refractivity contribution is 7.89. The van der Waals surface area contributed by atoms with Gasteiger partial charge in [0.2, 0.25) is 10.0 Å². The van der Waals surface area contributed by atoms with Crippen molar-refractivity contribution in [1.82, 2.24) is 4.31 Å². The monoisotopic (exact) mass is 401 g/mol. The lowest BCUT2D eigenvalue weighted by atomic mass is 10.0. The molecule has 1 fully saturated rings. The molecule has 1 aromatic carbocycles. The van der Waals surface area contributed by atoms with E-state index in [0.717, 1.165) is 0 Å². The fourth-order valence-corrected chi connectivity index (χ4v) is 6.63. The minimum atomic E-state index is -3.68. The second kappa shape index (κ2) is 8.68. The fourth-order valence-electron chi connectivity index (χ4n) is 3.24. The van der Waals surface area contributed by atoms with Crippen LogP contribution in [0.4, 0.5) is 0 Å². The van der Waals surface area contributed by atoms with Crippen molar-refractivity contribution >= 4 is 28.4 Å². The Labute approximate surface area is 156 Å². The van der Waals surface area contributed by atoms with Crippen LogP contribution in [0, 0.1) is 5.92 Å². The smallest absolute Gasteiger partial charge is 0.310 e. The molecule has 2 rings (SSSR count). The van der Waals surface area contributed by atoms with Gasteiger partial charge in [0.25, 0.3) is 0 Å². The summed E-state index contributed by atoms with van der Waals surface area (Å²) in [5.74, 6) is -0.757. The predicted molar refractivity (Wildman–Crippen MR) is 103 cm³/mol. The molecule has 6 nitrogen and oxygen atoms in total. The van der Waals surface area contributed by atoms with E-state index in [1.807, 2.05) is 13.8 Å². The minimum Gasteiger partial charge on any atom is -0.466 e. The van der Waals surface area contributed by atoms with Crippen LogP contribution in [0.2, 0.25) is 0 Å². The minimum absolute atomic E-state index is 0.144. The lowest BCUT2D eigenvalue weighted by Gasteiger charge is -2.30. The Kier molecular flexibility index (Phi) is 7.05. The molecule has 0 amide bonds. The molecule has 0 bridgehead atoms. The number of esters is 1. The van der Waals surface area contributed by atoms with Crippen molar-refractivity contribution in [1.29, 1.82) is 0 Å². The first-order valence-electron chi connectivity index (χ1n) is 9.14. The van der Waals surface area contributed by atoms with Crippen LogP contribution in [0.3, 0.4) is 0 Å². The quantitative estimate of drug-likeness (QED) is 0.518. The van der Waals surface area contributed by atoms with Gasteiger partial charge < -0.3 is 9.30 Å². The SMILES string of the molecule is CCOC(=O)[C@@H]1CCCN(S(=O)(=O)c2ccc(P(=O)(CC)CC)cc2)C1. The summed E-state index contributed by atoms with van der Waals surface area (Å²) in [5.41, 5.74) is 0. The number of piperidine rings is 1. The van der Waals surface area contributed by atoms with E-state index in [-0.39, 0.29) is 17.4 Å². The molecule has 8 heteroatoms. The van der Waals surface area contributed by atoms with Gasteiger partial charge in [0.1, 0.15) is 7.14 Å². The lowest BCUT2D eigenvalue weighted by molar-refractivity contribution is -0.149. The summed E-state index contributed by atoms with van der Waals surface area (Å²) in [6.07, 6.45) is 2.38. The average Bonchev–Trinajstić information content (AvgIpc) is 2.67. The molecule has 1 aromatic rings. The molecule has 0 aliphatic carbocycles. The number of hydrogen-bond donors (Lipinski definition) is 0. The number of sulfonamides is 1. The maximum Gasteiger partial charge on any atom is 0.310 e. The van der Waals surface area contributed by atoms with E-state index in [1.54, 1.807) is 19.1 Å². The highest BCUT2D eigenvalue weighted by Gasteiger charge is 2.34. The van der Waals surface area contributed by atoms with Gasteiger partial charge in [-0.2, -0.15) is 4.31 Å². The van der Waals surface area contributed by atoms with Gasteiger partial charge in [0.05, 0.1) is 17.4 Å². The van der Waals surface area contributed by atoms with Gasteiger partial charge in [0, 0.05) is 30.7 Å². The fraction of sp³-hybridized carbons (Fsp3) is 0.611. The number of ether oxygens (including phenoxy) is 1. The zero-order valence-electron chi connectivity index (χ0n) is 15.7. The third-order valence-corrected chi connectivity index (χ3v) is 10.1. The first kappa shape index (κ1) is 21.1. The lowest BCUT2D eigenvalue weighted by Crippen LogP contribution is -2.42. The number of carbonyl (C=O) groups excluding carboxylic acids is 1. The zero-order chi connectivity index (χ0) is 19.4. The zero-order valence-corrected chi connectivity index (χ0v) is 17.4. The van der Waals surface area contributed by atoms with Crippen LogP contribution >= 0.6 is 7.14 Å². The van der Waals surface area contributed by atoms with Crippen LogP contribution in [0.1, 0.15) is 33.6 Å². The molecule has 1 aliphatic rings. The molecule has 1 saturated heterocycles. The normalized spacial score (nSPS) is 19.3. The van der Waals surface area contributed by atoms with Gasteiger partial charge in [-0.15, -0.1) is 0 Å². The molecule has 1 heterocycles. The van der Waals surface area contributed by atoms with Crippen LogP contribution in [0.15, 0.2) is 29.2 Å². The van der Waals surface area contributed by atoms with E-state index < -0.39 is 23.1 Å². The molecule has 1 aliphatic heterocycles. The summed E-state index contributed by atoms with van der Waals surface area (Å²) in [5, 5.41) is 0.712. The van der Waals surface area contributed by atoms with Crippen LogP contribution in [-0.2, 0) is 24.1 Å². The van der Waals surface area contributed by atoms with E-state index >= 15 is 0 Å². The van der Waals surface area contributed by atoms with Crippen LogP contribution in [-0.4, -0.2) is 50.7 Å². The molecule has 0 saturated carbocycles. The van der Waals surface area contributed by atoms with Crippen molar-refractivity contribution in [3.63, 3.8) is 0 Å². The van der Waals surface area contributed by atoms with Crippen molar-refractivity contribution < 1.29 is 22.5 Å². The third-order valence-electron chi connectivity index (χ3n) is 4.97. The first-order valence-corrected chi connectivity index (χ1v) is 12.7. The summed E-state index contributed by atoms with van der Waals surface area (Å²) < 4.78 is 45.0. The first-order chi connectivity index (χ1) is 12.3. The van der Waals surface area contributed by atoms with Gasteiger partial charge in [-0.25, -0.2) is 8.42 Å². The third kappa shape index (κ3) is 4.38. The number of rotatable bonds is 7. The summed E-state index contributed by atoms with van der Waals surface area (Å²) in [4.78, 5) is 12.1. The Morgan fingerprint density at radius 1 is 1.19 bits per heavy atom. The van der Waals surface area contributed by atoms with E-state index in [1.165, 1.54) is 16.4 Å². The second-order valence-electron chi connectivity index (χ2n) is 6.47.